The monoisotopic (exact) mass is 534 g/mol. The molecule has 8 heteroatoms. The van der Waals surface area contributed by atoms with E-state index in [1.165, 1.54) is 0 Å². The Morgan fingerprint density at radius 3 is 2.17 bits per heavy atom. The van der Waals surface area contributed by atoms with Gasteiger partial charge in [0.2, 0.25) is 5.89 Å². The number of fused-ring (bicyclic) bond motifs is 4. The minimum absolute atomic E-state index is 0.0817. The number of hydrogen-bond acceptors (Lipinski definition) is 6. The average Bonchev–Trinajstić information content (AvgIpc) is 3.53. The predicted molar refractivity (Wildman–Crippen MR) is 156 cm³/mol. The third-order valence-electron chi connectivity index (χ3n) is 7.42. The molecule has 1 aliphatic heterocycles. The molecule has 194 valence electrons. The molecule has 5 aromatic carbocycles. The van der Waals surface area contributed by atoms with Crippen molar-refractivity contribution in [2.45, 2.75) is 0 Å². The highest BCUT2D eigenvalue weighted by Gasteiger charge is 2.37. The fourth-order valence-corrected chi connectivity index (χ4v) is 5.35. The molecule has 1 N–H and O–H groups in total. The Morgan fingerprint density at radius 1 is 0.634 bits per heavy atom. The first kappa shape index (κ1) is 23.0. The third-order valence-corrected chi connectivity index (χ3v) is 7.42. The van der Waals surface area contributed by atoms with Crippen LogP contribution in [0.1, 0.15) is 20.7 Å². The number of benzene rings is 5. The number of hydrogen-bond donors (Lipinski definition) is 1. The van der Waals surface area contributed by atoms with Crippen molar-refractivity contribution >= 4 is 50.2 Å². The van der Waals surface area contributed by atoms with Gasteiger partial charge >= 0.3 is 5.63 Å². The molecule has 3 heterocycles. The number of H-pyrrole nitrogens is 1. The van der Waals surface area contributed by atoms with E-state index in [1.807, 2.05) is 30.3 Å². The van der Waals surface area contributed by atoms with Crippen molar-refractivity contribution in [2.75, 3.05) is 4.90 Å². The van der Waals surface area contributed by atoms with Crippen molar-refractivity contribution in [1.82, 2.24) is 15.0 Å². The summed E-state index contributed by atoms with van der Waals surface area (Å²) in [6.45, 7) is 0. The summed E-state index contributed by atoms with van der Waals surface area (Å²) in [5, 5.41) is 2.60. The highest BCUT2D eigenvalue weighted by molar-refractivity contribution is 6.34. The molecule has 1 aliphatic rings. The molecule has 2 amide bonds. The summed E-state index contributed by atoms with van der Waals surface area (Å²) < 4.78 is 5.42. The fraction of sp³-hybridized carbons (Fsp3) is 0. The maximum absolute atomic E-state index is 13.4. The van der Waals surface area contributed by atoms with Crippen molar-refractivity contribution in [2.24, 2.45) is 0 Å². The summed E-state index contributed by atoms with van der Waals surface area (Å²) >= 11 is 0. The van der Waals surface area contributed by atoms with Crippen LogP contribution < -0.4 is 10.5 Å². The molecule has 0 aliphatic carbocycles. The van der Waals surface area contributed by atoms with Crippen molar-refractivity contribution in [1.29, 1.82) is 0 Å². The first-order valence-corrected chi connectivity index (χ1v) is 13.0. The van der Waals surface area contributed by atoms with Crippen molar-refractivity contribution in [3.05, 3.63) is 125 Å². The standard InChI is InChI=1S/C33H18N4O4/c38-31-23-14-11-21(30-36-26-8-4-3-7-24(26)33(40)41-30)15-25(23)32(39)37(31)22-12-9-18(10-13-22)29-34-27-16-19-5-1-2-6-20(19)17-28(27)35-29/h1-17H,(H,34,35). The summed E-state index contributed by atoms with van der Waals surface area (Å²) in [4.78, 5) is 52.8. The van der Waals surface area contributed by atoms with Crippen LogP contribution in [-0.2, 0) is 0 Å². The number of aromatic amines is 1. The largest absolute Gasteiger partial charge is 0.403 e. The molecular weight excluding hydrogens is 516 g/mol. The lowest BCUT2D eigenvalue weighted by Gasteiger charge is -2.14. The van der Waals surface area contributed by atoms with Crippen molar-refractivity contribution in [3.8, 4) is 22.8 Å². The van der Waals surface area contributed by atoms with E-state index in [-0.39, 0.29) is 17.0 Å². The zero-order valence-corrected chi connectivity index (χ0v) is 21.3. The van der Waals surface area contributed by atoms with Gasteiger partial charge in [0.1, 0.15) is 5.82 Å². The fourth-order valence-electron chi connectivity index (χ4n) is 5.35. The second-order valence-electron chi connectivity index (χ2n) is 9.88. The molecule has 0 atom stereocenters. The van der Waals surface area contributed by atoms with Crippen LogP contribution in [0.25, 0.3) is 55.6 Å². The van der Waals surface area contributed by atoms with Crippen LogP contribution in [0.5, 0.6) is 0 Å². The quantitative estimate of drug-likeness (QED) is 0.265. The summed E-state index contributed by atoms with van der Waals surface area (Å²) in [6.07, 6.45) is 0. The Balaban J connectivity index is 1.11. The maximum atomic E-state index is 13.4. The number of carbonyl (C=O) groups is 2. The number of nitrogens with one attached hydrogen (secondary N) is 1. The van der Waals surface area contributed by atoms with Gasteiger partial charge in [-0.3, -0.25) is 9.59 Å². The third kappa shape index (κ3) is 3.58. The minimum atomic E-state index is -0.520. The second-order valence-corrected chi connectivity index (χ2v) is 9.88. The van der Waals surface area contributed by atoms with Crippen LogP contribution in [0.2, 0.25) is 0 Å². The van der Waals surface area contributed by atoms with Gasteiger partial charge in [0.25, 0.3) is 11.8 Å². The lowest BCUT2D eigenvalue weighted by molar-refractivity contribution is 0.0926. The zero-order valence-electron chi connectivity index (χ0n) is 21.3. The number of carbonyl (C=O) groups excluding carboxylic acids is 2. The van der Waals surface area contributed by atoms with Crippen LogP contribution in [0, 0.1) is 0 Å². The lowest BCUT2D eigenvalue weighted by atomic mass is 10.1. The molecule has 0 saturated carbocycles. The Bertz CT molecular complexity index is 2230. The van der Waals surface area contributed by atoms with Gasteiger partial charge in [-0.25, -0.2) is 19.7 Å². The number of imide groups is 1. The molecule has 2 aromatic heterocycles. The Labute approximate surface area is 231 Å². The number of para-hydroxylation sites is 1. The topological polar surface area (TPSA) is 109 Å². The van der Waals surface area contributed by atoms with E-state index in [4.69, 9.17) is 9.40 Å². The number of anilines is 1. The zero-order chi connectivity index (χ0) is 27.7. The molecular formula is C33H18N4O4. The van der Waals surface area contributed by atoms with Gasteiger partial charge in [0.05, 0.1) is 38.8 Å². The molecule has 0 fully saturated rings. The van der Waals surface area contributed by atoms with Crippen LogP contribution in [0.4, 0.5) is 5.69 Å². The molecule has 0 radical (unpaired) electrons. The van der Waals surface area contributed by atoms with E-state index in [9.17, 15) is 14.4 Å². The second kappa shape index (κ2) is 8.56. The van der Waals surface area contributed by atoms with E-state index < -0.39 is 17.4 Å². The SMILES string of the molecule is O=C1c2ccc(-c3nc4ccccc4c(=O)o3)cc2C(=O)N1c1ccc(-c2nc3cc4ccccc4cc3[nH]2)cc1. The molecule has 0 bridgehead atoms. The Kier molecular flexibility index (Phi) is 4.81. The number of nitrogens with zero attached hydrogens (tertiary/aromatic N) is 3. The van der Waals surface area contributed by atoms with Gasteiger partial charge in [-0.2, -0.15) is 0 Å². The highest BCUT2D eigenvalue weighted by atomic mass is 16.4. The number of amides is 2. The predicted octanol–water partition coefficient (Wildman–Crippen LogP) is 6.35. The van der Waals surface area contributed by atoms with Crippen molar-refractivity contribution in [3.63, 3.8) is 0 Å². The van der Waals surface area contributed by atoms with Gasteiger partial charge in [0, 0.05) is 11.1 Å². The first-order valence-electron chi connectivity index (χ1n) is 13.0. The number of rotatable bonds is 3. The molecule has 0 saturated heterocycles. The number of aromatic nitrogens is 3. The highest BCUT2D eigenvalue weighted by Crippen LogP contribution is 2.33. The average molecular weight is 535 g/mol. The van der Waals surface area contributed by atoms with Crippen LogP contribution >= 0.6 is 0 Å². The van der Waals surface area contributed by atoms with Gasteiger partial charge in [-0.15, -0.1) is 0 Å². The Hall–Kier alpha value is -5.89. The van der Waals surface area contributed by atoms with Crippen LogP contribution in [0.15, 0.2) is 112 Å². The first-order chi connectivity index (χ1) is 20.0. The molecule has 41 heavy (non-hydrogen) atoms. The van der Waals surface area contributed by atoms with E-state index in [2.05, 4.69) is 28.2 Å². The van der Waals surface area contributed by atoms with Gasteiger partial charge in [0.15, 0.2) is 0 Å². The van der Waals surface area contributed by atoms with E-state index in [0.717, 1.165) is 32.3 Å². The summed E-state index contributed by atoms with van der Waals surface area (Å²) in [5.41, 5.74) is 3.95. The van der Waals surface area contributed by atoms with Crippen LogP contribution in [-0.4, -0.2) is 26.8 Å². The lowest BCUT2D eigenvalue weighted by Crippen LogP contribution is -2.29. The van der Waals surface area contributed by atoms with Crippen LogP contribution in [0.3, 0.4) is 0 Å². The van der Waals surface area contributed by atoms with E-state index in [0.29, 0.717) is 28.0 Å². The smallest absolute Gasteiger partial charge is 0.347 e. The van der Waals surface area contributed by atoms with Gasteiger partial charge < -0.3 is 9.40 Å². The summed E-state index contributed by atoms with van der Waals surface area (Å²) in [7, 11) is 0. The maximum Gasteiger partial charge on any atom is 0.347 e. The number of imidazole rings is 1. The normalized spacial score (nSPS) is 13.0. The molecule has 0 spiro atoms. The molecule has 7 aromatic rings. The van der Waals surface area contributed by atoms with E-state index in [1.54, 1.807) is 54.6 Å². The molecule has 8 rings (SSSR count). The Morgan fingerprint density at radius 2 is 1.34 bits per heavy atom. The molecule has 8 nitrogen and oxygen atoms in total. The van der Waals surface area contributed by atoms with E-state index >= 15 is 0 Å². The summed E-state index contributed by atoms with van der Waals surface area (Å²) in [6, 6.07) is 31.0. The van der Waals surface area contributed by atoms with Gasteiger partial charge in [-0.05, 0) is 77.5 Å². The van der Waals surface area contributed by atoms with Crippen molar-refractivity contribution < 1.29 is 14.0 Å². The minimum Gasteiger partial charge on any atom is -0.403 e. The van der Waals surface area contributed by atoms with Gasteiger partial charge in [-0.1, -0.05) is 36.4 Å². The summed E-state index contributed by atoms with van der Waals surface area (Å²) in [5.74, 6) is -0.109. The molecule has 0 unspecified atom stereocenters.